The van der Waals surface area contributed by atoms with Crippen molar-refractivity contribution in [1.82, 2.24) is 0 Å². The standard InChI is InChI=1S/C8H10ClN/c1-6-4-7(5-10)2-3-8(6)9/h7-8H,1-4H2. The molecule has 2 unspecified atom stereocenters. The third-order valence-electron chi connectivity index (χ3n) is 1.90. The van der Waals surface area contributed by atoms with Crippen LogP contribution in [0.3, 0.4) is 0 Å². The Morgan fingerprint density at radius 1 is 1.60 bits per heavy atom. The highest BCUT2D eigenvalue weighted by atomic mass is 35.5. The van der Waals surface area contributed by atoms with Crippen LogP contribution in [0.2, 0.25) is 0 Å². The molecule has 0 aliphatic heterocycles. The predicted molar refractivity (Wildman–Crippen MR) is 41.7 cm³/mol. The average molecular weight is 156 g/mol. The Hall–Kier alpha value is -0.480. The molecule has 0 radical (unpaired) electrons. The van der Waals surface area contributed by atoms with Crippen LogP contribution >= 0.6 is 11.6 Å². The van der Waals surface area contributed by atoms with Crippen LogP contribution in [-0.4, -0.2) is 5.38 Å². The van der Waals surface area contributed by atoms with Gasteiger partial charge in [0.05, 0.1) is 17.4 Å². The number of hydrogen-bond donors (Lipinski definition) is 0. The van der Waals surface area contributed by atoms with E-state index in [1.807, 2.05) is 0 Å². The van der Waals surface area contributed by atoms with Gasteiger partial charge >= 0.3 is 0 Å². The third-order valence-corrected chi connectivity index (χ3v) is 2.43. The third kappa shape index (κ3) is 1.52. The molecule has 1 saturated carbocycles. The normalized spacial score (nSPS) is 33.4. The van der Waals surface area contributed by atoms with Gasteiger partial charge in [0.25, 0.3) is 0 Å². The lowest BCUT2D eigenvalue weighted by Gasteiger charge is -2.22. The molecule has 0 aromatic rings. The molecule has 0 bridgehead atoms. The maximum absolute atomic E-state index is 8.56. The smallest absolute Gasteiger partial charge is 0.0659 e. The lowest BCUT2D eigenvalue weighted by molar-refractivity contribution is 0.510. The number of hydrogen-bond acceptors (Lipinski definition) is 1. The fraction of sp³-hybridized carbons (Fsp3) is 0.625. The van der Waals surface area contributed by atoms with Gasteiger partial charge in [-0.25, -0.2) is 0 Å². The lowest BCUT2D eigenvalue weighted by Crippen LogP contribution is -2.15. The molecule has 2 atom stereocenters. The van der Waals surface area contributed by atoms with Crippen molar-refractivity contribution < 1.29 is 0 Å². The summed E-state index contributed by atoms with van der Waals surface area (Å²) in [5.41, 5.74) is 1.03. The van der Waals surface area contributed by atoms with Gasteiger partial charge in [-0.2, -0.15) is 5.26 Å². The van der Waals surface area contributed by atoms with Crippen LogP contribution in [0, 0.1) is 17.2 Å². The zero-order chi connectivity index (χ0) is 7.56. The van der Waals surface area contributed by atoms with E-state index in [1.54, 1.807) is 0 Å². The van der Waals surface area contributed by atoms with Crippen molar-refractivity contribution in [3.05, 3.63) is 12.2 Å². The van der Waals surface area contributed by atoms with E-state index in [0.717, 1.165) is 24.8 Å². The highest BCUT2D eigenvalue weighted by Gasteiger charge is 2.21. The van der Waals surface area contributed by atoms with E-state index in [9.17, 15) is 0 Å². The van der Waals surface area contributed by atoms with Gasteiger partial charge in [-0.05, 0) is 19.3 Å². The van der Waals surface area contributed by atoms with E-state index in [1.165, 1.54) is 0 Å². The lowest BCUT2D eigenvalue weighted by atomic mass is 9.87. The molecule has 0 heterocycles. The Bertz CT molecular complexity index is 180. The highest BCUT2D eigenvalue weighted by molar-refractivity contribution is 6.22. The molecule has 10 heavy (non-hydrogen) atoms. The molecule has 0 N–H and O–H groups in total. The first kappa shape index (κ1) is 7.63. The summed E-state index contributed by atoms with van der Waals surface area (Å²) in [4.78, 5) is 0. The number of alkyl halides is 1. The zero-order valence-corrected chi connectivity index (χ0v) is 6.56. The van der Waals surface area contributed by atoms with Crippen molar-refractivity contribution >= 4 is 11.6 Å². The summed E-state index contributed by atoms with van der Waals surface area (Å²) >= 11 is 5.88. The van der Waals surface area contributed by atoms with Crippen molar-refractivity contribution in [2.75, 3.05) is 0 Å². The second-order valence-electron chi connectivity index (χ2n) is 2.73. The number of nitrogens with zero attached hydrogens (tertiary/aromatic N) is 1. The van der Waals surface area contributed by atoms with Crippen molar-refractivity contribution in [3.63, 3.8) is 0 Å². The summed E-state index contributed by atoms with van der Waals surface area (Å²) in [6, 6.07) is 2.24. The summed E-state index contributed by atoms with van der Waals surface area (Å²) < 4.78 is 0. The van der Waals surface area contributed by atoms with E-state index < -0.39 is 0 Å². The van der Waals surface area contributed by atoms with Gasteiger partial charge in [0.2, 0.25) is 0 Å². The quantitative estimate of drug-likeness (QED) is 0.390. The minimum absolute atomic E-state index is 0.115. The molecule has 54 valence electrons. The largest absolute Gasteiger partial charge is 0.198 e. The number of nitriles is 1. The van der Waals surface area contributed by atoms with Crippen molar-refractivity contribution in [2.45, 2.75) is 24.6 Å². The fourth-order valence-corrected chi connectivity index (χ4v) is 1.42. The van der Waals surface area contributed by atoms with Crippen LogP contribution in [-0.2, 0) is 0 Å². The average Bonchev–Trinajstić information content (AvgIpc) is 1.95. The maximum atomic E-state index is 8.56. The predicted octanol–water partition coefficient (Wildman–Crippen LogP) is 2.47. The number of rotatable bonds is 0. The first-order valence-corrected chi connectivity index (χ1v) is 3.89. The molecule has 1 rings (SSSR count). The summed E-state index contributed by atoms with van der Waals surface area (Å²) in [5.74, 6) is 0.169. The number of halogens is 1. The van der Waals surface area contributed by atoms with E-state index >= 15 is 0 Å². The van der Waals surface area contributed by atoms with E-state index in [4.69, 9.17) is 16.9 Å². The molecule has 2 heteroatoms. The summed E-state index contributed by atoms with van der Waals surface area (Å²) in [5, 5.41) is 8.68. The van der Waals surface area contributed by atoms with Gasteiger partial charge in [0.15, 0.2) is 0 Å². The van der Waals surface area contributed by atoms with Crippen molar-refractivity contribution in [2.24, 2.45) is 5.92 Å². The summed E-state index contributed by atoms with van der Waals surface area (Å²) in [7, 11) is 0. The minimum atomic E-state index is 0.115. The Morgan fingerprint density at radius 2 is 2.30 bits per heavy atom. The Morgan fingerprint density at radius 3 is 2.80 bits per heavy atom. The molecule has 0 aromatic heterocycles. The molecule has 1 fully saturated rings. The zero-order valence-electron chi connectivity index (χ0n) is 5.81. The molecule has 1 aliphatic rings. The van der Waals surface area contributed by atoms with Crippen LogP contribution in [0.15, 0.2) is 12.2 Å². The van der Waals surface area contributed by atoms with E-state index in [0.29, 0.717) is 0 Å². The monoisotopic (exact) mass is 155 g/mol. The van der Waals surface area contributed by atoms with Crippen molar-refractivity contribution in [3.8, 4) is 6.07 Å². The van der Waals surface area contributed by atoms with Gasteiger partial charge in [0, 0.05) is 0 Å². The van der Waals surface area contributed by atoms with Gasteiger partial charge in [-0.3, -0.25) is 0 Å². The van der Waals surface area contributed by atoms with Gasteiger partial charge < -0.3 is 0 Å². The van der Waals surface area contributed by atoms with Crippen LogP contribution in [0.25, 0.3) is 0 Å². The first-order chi connectivity index (χ1) is 4.74. The molecule has 0 spiro atoms. The first-order valence-electron chi connectivity index (χ1n) is 3.45. The van der Waals surface area contributed by atoms with Crippen LogP contribution in [0.4, 0.5) is 0 Å². The Balaban J connectivity index is 2.50. The molecule has 1 aliphatic carbocycles. The molecular formula is C8H10ClN. The highest BCUT2D eigenvalue weighted by Crippen LogP contribution is 2.30. The molecular weight excluding hydrogens is 146 g/mol. The summed E-state index contributed by atoms with van der Waals surface area (Å²) in [6.45, 7) is 3.81. The van der Waals surface area contributed by atoms with Gasteiger partial charge in [-0.15, -0.1) is 11.6 Å². The van der Waals surface area contributed by atoms with Crippen molar-refractivity contribution in [1.29, 1.82) is 5.26 Å². The molecule has 0 amide bonds. The van der Waals surface area contributed by atoms with E-state index in [-0.39, 0.29) is 11.3 Å². The Kier molecular flexibility index (Phi) is 2.34. The molecule has 0 aromatic carbocycles. The SMILES string of the molecule is C=C1CC(C#N)CCC1Cl. The number of allylic oxidation sites excluding steroid dienone is 1. The van der Waals surface area contributed by atoms with Crippen LogP contribution in [0.5, 0.6) is 0 Å². The van der Waals surface area contributed by atoms with Crippen LogP contribution in [0.1, 0.15) is 19.3 Å². The minimum Gasteiger partial charge on any atom is -0.198 e. The topological polar surface area (TPSA) is 23.8 Å². The second kappa shape index (κ2) is 3.07. The van der Waals surface area contributed by atoms with Gasteiger partial charge in [-0.1, -0.05) is 12.2 Å². The molecule has 1 nitrogen and oxygen atoms in total. The second-order valence-corrected chi connectivity index (χ2v) is 3.26. The van der Waals surface area contributed by atoms with E-state index in [2.05, 4.69) is 12.6 Å². The summed E-state index contributed by atoms with van der Waals surface area (Å²) in [6.07, 6.45) is 2.65. The fourth-order valence-electron chi connectivity index (χ4n) is 1.21. The van der Waals surface area contributed by atoms with Gasteiger partial charge in [0.1, 0.15) is 0 Å². The molecule has 0 saturated heterocycles. The maximum Gasteiger partial charge on any atom is 0.0659 e. The van der Waals surface area contributed by atoms with Crippen LogP contribution < -0.4 is 0 Å². The Labute approximate surface area is 66.3 Å².